The average molecular weight is 284 g/mol. The summed E-state index contributed by atoms with van der Waals surface area (Å²) in [5.41, 5.74) is 0.374. The SMILES string of the molecule is COCCCNc1nccn1-c1cccc(Cl)c1F. The highest BCUT2D eigenvalue weighted by atomic mass is 35.5. The van der Waals surface area contributed by atoms with E-state index in [9.17, 15) is 4.39 Å². The molecule has 1 aromatic carbocycles. The first-order chi connectivity index (χ1) is 9.24. The molecule has 0 aliphatic heterocycles. The van der Waals surface area contributed by atoms with Crippen molar-refractivity contribution in [1.82, 2.24) is 9.55 Å². The van der Waals surface area contributed by atoms with Crippen molar-refractivity contribution in [2.24, 2.45) is 0 Å². The molecule has 0 radical (unpaired) electrons. The Balaban J connectivity index is 2.17. The third kappa shape index (κ3) is 3.24. The maximum absolute atomic E-state index is 14.0. The van der Waals surface area contributed by atoms with E-state index in [-0.39, 0.29) is 5.02 Å². The highest BCUT2D eigenvalue weighted by Crippen LogP contribution is 2.23. The zero-order valence-corrected chi connectivity index (χ0v) is 11.3. The number of aromatic nitrogens is 2. The predicted octanol–water partition coefficient (Wildman–Crippen LogP) is 3.11. The van der Waals surface area contributed by atoms with Crippen LogP contribution in [-0.4, -0.2) is 29.8 Å². The Morgan fingerprint density at radius 3 is 3.11 bits per heavy atom. The minimum atomic E-state index is -0.456. The van der Waals surface area contributed by atoms with Crippen molar-refractivity contribution in [2.45, 2.75) is 6.42 Å². The standard InChI is InChI=1S/C13H15ClFN3O/c1-19-9-3-6-16-13-17-7-8-18(13)11-5-2-4-10(14)12(11)15/h2,4-5,7-8H,3,6,9H2,1H3,(H,16,17). The molecule has 0 saturated carbocycles. The van der Waals surface area contributed by atoms with E-state index in [1.165, 1.54) is 6.07 Å². The molecule has 0 atom stereocenters. The van der Waals surface area contributed by atoms with Crippen LogP contribution in [0.25, 0.3) is 5.69 Å². The summed E-state index contributed by atoms with van der Waals surface area (Å²) >= 11 is 5.78. The summed E-state index contributed by atoms with van der Waals surface area (Å²) < 4.78 is 20.6. The highest BCUT2D eigenvalue weighted by molar-refractivity contribution is 6.30. The van der Waals surface area contributed by atoms with Crippen LogP contribution in [0.3, 0.4) is 0 Å². The molecule has 1 N–H and O–H groups in total. The topological polar surface area (TPSA) is 39.1 Å². The first-order valence-corrected chi connectivity index (χ1v) is 6.32. The molecule has 0 aliphatic carbocycles. The molecule has 4 nitrogen and oxygen atoms in total. The fourth-order valence-electron chi connectivity index (χ4n) is 1.72. The minimum absolute atomic E-state index is 0.0940. The van der Waals surface area contributed by atoms with Gasteiger partial charge in [-0.05, 0) is 18.6 Å². The number of ether oxygens (including phenoxy) is 1. The number of anilines is 1. The molecule has 2 aromatic rings. The van der Waals surface area contributed by atoms with Gasteiger partial charge in [0.1, 0.15) is 0 Å². The molecule has 0 aliphatic rings. The fraction of sp³-hybridized carbons (Fsp3) is 0.308. The first kappa shape index (κ1) is 13.8. The van der Waals surface area contributed by atoms with Gasteiger partial charge < -0.3 is 10.1 Å². The predicted molar refractivity (Wildman–Crippen MR) is 73.5 cm³/mol. The Morgan fingerprint density at radius 2 is 2.32 bits per heavy atom. The summed E-state index contributed by atoms with van der Waals surface area (Å²) in [6.07, 6.45) is 4.15. The third-order valence-electron chi connectivity index (χ3n) is 2.64. The van der Waals surface area contributed by atoms with Crippen LogP contribution < -0.4 is 5.32 Å². The zero-order valence-electron chi connectivity index (χ0n) is 10.6. The smallest absolute Gasteiger partial charge is 0.207 e. The zero-order chi connectivity index (χ0) is 13.7. The largest absolute Gasteiger partial charge is 0.385 e. The third-order valence-corrected chi connectivity index (χ3v) is 2.93. The fourth-order valence-corrected chi connectivity index (χ4v) is 1.89. The van der Waals surface area contributed by atoms with E-state index >= 15 is 0 Å². The highest BCUT2D eigenvalue weighted by Gasteiger charge is 2.11. The van der Waals surface area contributed by atoms with Crippen LogP contribution in [0, 0.1) is 5.82 Å². The average Bonchev–Trinajstić information content (AvgIpc) is 2.86. The van der Waals surface area contributed by atoms with Crippen LogP contribution in [0.2, 0.25) is 5.02 Å². The van der Waals surface area contributed by atoms with Crippen LogP contribution in [0.4, 0.5) is 10.3 Å². The molecule has 0 bridgehead atoms. The van der Waals surface area contributed by atoms with Crippen LogP contribution in [-0.2, 0) is 4.74 Å². The summed E-state index contributed by atoms with van der Waals surface area (Å²) in [6, 6.07) is 4.88. The lowest BCUT2D eigenvalue weighted by atomic mass is 10.3. The van der Waals surface area contributed by atoms with Crippen molar-refractivity contribution < 1.29 is 9.13 Å². The van der Waals surface area contributed by atoms with Gasteiger partial charge in [-0.15, -0.1) is 0 Å². The van der Waals surface area contributed by atoms with Gasteiger partial charge in [-0.1, -0.05) is 17.7 Å². The second kappa shape index (κ2) is 6.54. The lowest BCUT2D eigenvalue weighted by Crippen LogP contribution is -2.10. The second-order valence-electron chi connectivity index (χ2n) is 3.97. The van der Waals surface area contributed by atoms with Crippen LogP contribution >= 0.6 is 11.6 Å². The number of hydrogen-bond donors (Lipinski definition) is 1. The van der Waals surface area contributed by atoms with E-state index in [4.69, 9.17) is 16.3 Å². The van der Waals surface area contributed by atoms with Crippen LogP contribution in [0.5, 0.6) is 0 Å². The molecule has 0 amide bonds. The Morgan fingerprint density at radius 1 is 1.47 bits per heavy atom. The number of halogens is 2. The van der Waals surface area contributed by atoms with Crippen molar-refractivity contribution in [3.8, 4) is 5.69 Å². The minimum Gasteiger partial charge on any atom is -0.385 e. The summed E-state index contributed by atoms with van der Waals surface area (Å²) in [7, 11) is 1.66. The number of nitrogens with one attached hydrogen (secondary N) is 1. The number of hydrogen-bond acceptors (Lipinski definition) is 3. The van der Waals surface area contributed by atoms with Gasteiger partial charge in [0.15, 0.2) is 5.82 Å². The molecule has 2 rings (SSSR count). The van der Waals surface area contributed by atoms with Crippen LogP contribution in [0.1, 0.15) is 6.42 Å². The Bertz CT molecular complexity index is 544. The Labute approximate surface area is 116 Å². The summed E-state index contributed by atoms with van der Waals surface area (Å²) in [4.78, 5) is 4.16. The molecular formula is C13H15ClFN3O. The first-order valence-electron chi connectivity index (χ1n) is 5.94. The van der Waals surface area contributed by atoms with E-state index in [2.05, 4.69) is 10.3 Å². The molecule has 1 heterocycles. The number of imidazole rings is 1. The van der Waals surface area contributed by atoms with Gasteiger partial charge in [0.25, 0.3) is 0 Å². The number of nitrogens with zero attached hydrogens (tertiary/aromatic N) is 2. The number of rotatable bonds is 6. The van der Waals surface area contributed by atoms with Gasteiger partial charge in [-0.3, -0.25) is 4.57 Å². The molecule has 102 valence electrons. The van der Waals surface area contributed by atoms with E-state index < -0.39 is 5.82 Å². The van der Waals surface area contributed by atoms with E-state index in [0.29, 0.717) is 24.8 Å². The summed E-state index contributed by atoms with van der Waals surface area (Å²) in [5.74, 6) is 0.124. The van der Waals surface area contributed by atoms with Crippen LogP contribution in [0.15, 0.2) is 30.6 Å². The number of benzene rings is 1. The Hall–Kier alpha value is -1.59. The normalized spacial score (nSPS) is 10.7. The quantitative estimate of drug-likeness (QED) is 0.828. The number of methoxy groups -OCH3 is 1. The van der Waals surface area contributed by atoms with Crippen molar-refractivity contribution >= 4 is 17.5 Å². The molecule has 19 heavy (non-hydrogen) atoms. The van der Waals surface area contributed by atoms with Gasteiger partial charge in [-0.25, -0.2) is 9.37 Å². The maximum Gasteiger partial charge on any atom is 0.207 e. The maximum atomic E-state index is 14.0. The van der Waals surface area contributed by atoms with E-state index in [0.717, 1.165) is 6.42 Å². The Kier molecular flexibility index (Phi) is 4.76. The lowest BCUT2D eigenvalue weighted by molar-refractivity contribution is 0.197. The van der Waals surface area contributed by atoms with Crippen molar-refractivity contribution in [3.05, 3.63) is 41.4 Å². The van der Waals surface area contributed by atoms with E-state index in [1.54, 1.807) is 36.2 Å². The summed E-state index contributed by atoms with van der Waals surface area (Å²) in [6.45, 7) is 1.37. The lowest BCUT2D eigenvalue weighted by Gasteiger charge is -2.11. The van der Waals surface area contributed by atoms with Gasteiger partial charge >= 0.3 is 0 Å². The molecule has 6 heteroatoms. The summed E-state index contributed by atoms with van der Waals surface area (Å²) in [5, 5.41) is 3.23. The van der Waals surface area contributed by atoms with Crippen molar-refractivity contribution in [2.75, 3.05) is 25.6 Å². The molecule has 0 spiro atoms. The van der Waals surface area contributed by atoms with Gasteiger partial charge in [-0.2, -0.15) is 0 Å². The van der Waals surface area contributed by atoms with Gasteiger partial charge in [0.2, 0.25) is 5.95 Å². The molecule has 0 unspecified atom stereocenters. The molecular weight excluding hydrogens is 269 g/mol. The molecule has 1 aromatic heterocycles. The van der Waals surface area contributed by atoms with Crippen molar-refractivity contribution in [3.63, 3.8) is 0 Å². The van der Waals surface area contributed by atoms with Gasteiger partial charge in [0.05, 0.1) is 10.7 Å². The van der Waals surface area contributed by atoms with E-state index in [1.807, 2.05) is 0 Å². The van der Waals surface area contributed by atoms with Gasteiger partial charge in [0, 0.05) is 32.7 Å². The molecule has 0 fully saturated rings. The monoisotopic (exact) mass is 283 g/mol. The second-order valence-corrected chi connectivity index (χ2v) is 4.37. The molecule has 0 saturated heterocycles. The van der Waals surface area contributed by atoms with Crippen molar-refractivity contribution in [1.29, 1.82) is 0 Å².